The zero-order valence-electron chi connectivity index (χ0n) is 14.3. The average Bonchev–Trinajstić information content (AvgIpc) is 2.61. The molecule has 0 radical (unpaired) electrons. The Morgan fingerprint density at radius 2 is 1.89 bits per heavy atom. The van der Waals surface area contributed by atoms with E-state index in [1.165, 1.54) is 12.1 Å². The molecular formula is C18H19F3N2O3S. The van der Waals surface area contributed by atoms with Gasteiger partial charge in [-0.25, -0.2) is 8.42 Å². The van der Waals surface area contributed by atoms with Crippen molar-refractivity contribution >= 4 is 15.7 Å². The van der Waals surface area contributed by atoms with Gasteiger partial charge in [-0.05, 0) is 55.1 Å². The van der Waals surface area contributed by atoms with Crippen molar-refractivity contribution in [1.82, 2.24) is 5.32 Å². The SMILES string of the molecule is O=S(=O)(Nc1cccc(C2CCCNC2)c1)c1cccc(OC(F)(F)F)c1. The Labute approximate surface area is 155 Å². The predicted octanol–water partition coefficient (Wildman–Crippen LogP) is 3.85. The van der Waals surface area contributed by atoms with Gasteiger partial charge in [0.05, 0.1) is 4.90 Å². The lowest BCUT2D eigenvalue weighted by Crippen LogP contribution is -2.28. The molecule has 1 heterocycles. The number of sulfonamides is 1. The van der Waals surface area contributed by atoms with Crippen LogP contribution < -0.4 is 14.8 Å². The van der Waals surface area contributed by atoms with Crippen LogP contribution in [0.2, 0.25) is 0 Å². The Kier molecular flexibility index (Phi) is 5.61. The van der Waals surface area contributed by atoms with Crippen LogP contribution in [0.1, 0.15) is 24.3 Å². The van der Waals surface area contributed by atoms with Crippen molar-refractivity contribution in [3.63, 3.8) is 0 Å². The molecule has 146 valence electrons. The van der Waals surface area contributed by atoms with Gasteiger partial charge >= 0.3 is 6.36 Å². The summed E-state index contributed by atoms with van der Waals surface area (Å²) in [5.74, 6) is -0.292. The second kappa shape index (κ2) is 7.77. The van der Waals surface area contributed by atoms with Crippen molar-refractivity contribution in [2.24, 2.45) is 0 Å². The molecule has 1 aliphatic heterocycles. The second-order valence-electron chi connectivity index (χ2n) is 6.30. The van der Waals surface area contributed by atoms with Gasteiger partial charge in [0.2, 0.25) is 0 Å². The van der Waals surface area contributed by atoms with Gasteiger partial charge in [0.1, 0.15) is 5.75 Å². The van der Waals surface area contributed by atoms with Crippen LogP contribution in [-0.4, -0.2) is 27.9 Å². The molecule has 5 nitrogen and oxygen atoms in total. The first-order valence-electron chi connectivity index (χ1n) is 8.42. The first kappa shape index (κ1) is 19.5. The molecule has 1 saturated heterocycles. The van der Waals surface area contributed by atoms with Crippen molar-refractivity contribution in [2.45, 2.75) is 30.0 Å². The standard InChI is InChI=1S/C18H19F3N2O3S/c19-18(20,21)26-16-7-2-8-17(11-16)27(24,25)23-15-6-1-4-13(10-15)14-5-3-9-22-12-14/h1-2,4,6-8,10-11,14,22-23H,3,5,9,12H2. The summed E-state index contributed by atoms with van der Waals surface area (Å²) in [6, 6.07) is 11.3. The second-order valence-corrected chi connectivity index (χ2v) is 7.98. The van der Waals surface area contributed by atoms with Gasteiger partial charge in [0.15, 0.2) is 0 Å². The van der Waals surface area contributed by atoms with Crippen molar-refractivity contribution in [1.29, 1.82) is 0 Å². The summed E-state index contributed by atoms with van der Waals surface area (Å²) in [5, 5.41) is 3.31. The predicted molar refractivity (Wildman–Crippen MR) is 95.2 cm³/mol. The maximum Gasteiger partial charge on any atom is 0.573 e. The number of rotatable bonds is 5. The number of hydrogen-bond acceptors (Lipinski definition) is 4. The third kappa shape index (κ3) is 5.36. The lowest BCUT2D eigenvalue weighted by atomic mass is 9.91. The van der Waals surface area contributed by atoms with Gasteiger partial charge in [-0.3, -0.25) is 4.72 Å². The highest BCUT2D eigenvalue weighted by Crippen LogP contribution is 2.28. The molecule has 27 heavy (non-hydrogen) atoms. The molecule has 0 spiro atoms. The fraction of sp³-hybridized carbons (Fsp3) is 0.333. The number of anilines is 1. The number of halogens is 3. The molecule has 1 unspecified atom stereocenters. The highest BCUT2D eigenvalue weighted by atomic mass is 32.2. The Morgan fingerprint density at radius 1 is 1.11 bits per heavy atom. The van der Waals surface area contributed by atoms with E-state index in [1.54, 1.807) is 18.2 Å². The topological polar surface area (TPSA) is 67.4 Å². The van der Waals surface area contributed by atoms with Gasteiger partial charge in [-0.1, -0.05) is 18.2 Å². The van der Waals surface area contributed by atoms with Gasteiger partial charge in [0.25, 0.3) is 10.0 Å². The molecule has 0 bridgehead atoms. The van der Waals surface area contributed by atoms with Gasteiger partial charge in [-0.15, -0.1) is 13.2 Å². The highest BCUT2D eigenvalue weighted by Gasteiger charge is 2.31. The summed E-state index contributed by atoms with van der Waals surface area (Å²) in [5.41, 5.74) is 1.37. The summed E-state index contributed by atoms with van der Waals surface area (Å²) < 4.78 is 68.3. The quantitative estimate of drug-likeness (QED) is 0.800. The third-order valence-electron chi connectivity index (χ3n) is 4.26. The lowest BCUT2D eigenvalue weighted by Gasteiger charge is -2.23. The summed E-state index contributed by atoms with van der Waals surface area (Å²) in [4.78, 5) is -0.311. The Bertz CT molecular complexity index is 895. The van der Waals surface area contributed by atoms with Crippen LogP contribution in [-0.2, 0) is 10.0 Å². The largest absolute Gasteiger partial charge is 0.573 e. The number of benzene rings is 2. The Balaban J connectivity index is 1.79. The van der Waals surface area contributed by atoms with Crippen LogP contribution in [0.15, 0.2) is 53.4 Å². The monoisotopic (exact) mass is 400 g/mol. The normalized spacial score (nSPS) is 18.1. The van der Waals surface area contributed by atoms with E-state index in [2.05, 4.69) is 14.8 Å². The van der Waals surface area contributed by atoms with E-state index >= 15 is 0 Å². The van der Waals surface area contributed by atoms with E-state index in [4.69, 9.17) is 0 Å². The molecule has 2 aromatic rings. The molecule has 9 heteroatoms. The summed E-state index contributed by atoms with van der Waals surface area (Å²) in [6.45, 7) is 1.80. The van der Waals surface area contributed by atoms with Gasteiger partial charge in [-0.2, -0.15) is 0 Å². The average molecular weight is 400 g/mol. The number of ether oxygens (including phenoxy) is 1. The van der Waals surface area contributed by atoms with Crippen molar-refractivity contribution in [3.05, 3.63) is 54.1 Å². The van der Waals surface area contributed by atoms with Crippen molar-refractivity contribution < 1.29 is 26.3 Å². The van der Waals surface area contributed by atoms with E-state index in [9.17, 15) is 21.6 Å². The maximum atomic E-state index is 12.5. The fourth-order valence-corrected chi connectivity index (χ4v) is 4.13. The Morgan fingerprint density at radius 3 is 2.59 bits per heavy atom. The molecular weight excluding hydrogens is 381 g/mol. The number of alkyl halides is 3. The fourth-order valence-electron chi connectivity index (χ4n) is 3.04. The molecule has 3 rings (SSSR count). The van der Waals surface area contributed by atoms with Crippen LogP contribution >= 0.6 is 0 Å². The molecule has 0 aromatic heterocycles. The van der Waals surface area contributed by atoms with Crippen LogP contribution in [0.5, 0.6) is 5.75 Å². The lowest BCUT2D eigenvalue weighted by molar-refractivity contribution is -0.274. The summed E-state index contributed by atoms with van der Waals surface area (Å²) in [7, 11) is -4.05. The van der Waals surface area contributed by atoms with Crippen molar-refractivity contribution in [3.8, 4) is 5.75 Å². The molecule has 1 fully saturated rings. The van der Waals surface area contributed by atoms with Crippen LogP contribution in [0, 0.1) is 0 Å². The van der Waals surface area contributed by atoms with E-state index in [1.807, 2.05) is 6.07 Å². The Hall–Kier alpha value is -2.26. The molecule has 1 atom stereocenters. The minimum absolute atomic E-state index is 0.298. The first-order valence-corrected chi connectivity index (χ1v) is 9.90. The molecule has 0 saturated carbocycles. The van der Waals surface area contributed by atoms with E-state index in [-0.39, 0.29) is 4.90 Å². The third-order valence-corrected chi connectivity index (χ3v) is 5.64. The number of hydrogen-bond donors (Lipinski definition) is 2. The summed E-state index contributed by atoms with van der Waals surface area (Å²) >= 11 is 0. The summed E-state index contributed by atoms with van der Waals surface area (Å²) in [6.07, 6.45) is -2.83. The minimum Gasteiger partial charge on any atom is -0.406 e. The van der Waals surface area contributed by atoms with E-state index < -0.39 is 22.1 Å². The molecule has 1 aliphatic rings. The van der Waals surface area contributed by atoms with Crippen LogP contribution in [0.25, 0.3) is 0 Å². The molecule has 2 N–H and O–H groups in total. The molecule has 0 aliphatic carbocycles. The zero-order valence-corrected chi connectivity index (χ0v) is 15.1. The number of nitrogens with one attached hydrogen (secondary N) is 2. The van der Waals surface area contributed by atoms with E-state index in [0.29, 0.717) is 11.6 Å². The van der Waals surface area contributed by atoms with Gasteiger partial charge in [0, 0.05) is 18.3 Å². The maximum absolute atomic E-state index is 12.5. The smallest absolute Gasteiger partial charge is 0.406 e. The zero-order chi connectivity index (χ0) is 19.5. The molecule has 2 aromatic carbocycles. The first-order chi connectivity index (χ1) is 12.7. The van der Waals surface area contributed by atoms with Gasteiger partial charge < -0.3 is 10.1 Å². The van der Waals surface area contributed by atoms with Crippen molar-refractivity contribution in [2.75, 3.05) is 17.8 Å². The minimum atomic E-state index is -4.89. The highest BCUT2D eigenvalue weighted by molar-refractivity contribution is 7.92. The van der Waals surface area contributed by atoms with Crippen LogP contribution in [0.3, 0.4) is 0 Å². The molecule has 0 amide bonds. The van der Waals surface area contributed by atoms with Crippen LogP contribution in [0.4, 0.5) is 18.9 Å². The number of piperidine rings is 1. The van der Waals surface area contributed by atoms with E-state index in [0.717, 1.165) is 43.6 Å².